The van der Waals surface area contributed by atoms with Gasteiger partial charge in [0.25, 0.3) is 0 Å². The van der Waals surface area contributed by atoms with Gasteiger partial charge in [0.05, 0.1) is 24.0 Å². The fraction of sp³-hybridized carbons (Fsp3) is 0.786. The molecule has 18 heavy (non-hydrogen) atoms. The monoisotopic (exact) mass is 249 g/mol. The second kappa shape index (κ2) is 5.31. The highest BCUT2D eigenvalue weighted by Gasteiger charge is 2.24. The van der Waals surface area contributed by atoms with Gasteiger partial charge in [-0.25, -0.2) is 0 Å². The number of ether oxygens (including phenoxy) is 1. The van der Waals surface area contributed by atoms with Gasteiger partial charge < -0.3 is 10.5 Å². The summed E-state index contributed by atoms with van der Waals surface area (Å²) in [6.07, 6.45) is 11.0. The van der Waals surface area contributed by atoms with Crippen molar-refractivity contribution in [2.75, 3.05) is 18.9 Å². The molecule has 4 nitrogen and oxygen atoms in total. The Morgan fingerprint density at radius 3 is 2.61 bits per heavy atom. The number of anilines is 1. The third-order valence-electron chi connectivity index (χ3n) is 4.31. The molecule has 0 aromatic carbocycles. The highest BCUT2D eigenvalue weighted by atomic mass is 16.5. The van der Waals surface area contributed by atoms with Gasteiger partial charge in [-0.3, -0.25) is 4.68 Å². The zero-order valence-corrected chi connectivity index (χ0v) is 11.0. The Labute approximate surface area is 108 Å². The molecular weight excluding hydrogens is 226 g/mol. The molecule has 0 spiro atoms. The van der Waals surface area contributed by atoms with Crippen LogP contribution in [0.3, 0.4) is 0 Å². The van der Waals surface area contributed by atoms with Crippen LogP contribution in [-0.4, -0.2) is 23.0 Å². The molecule has 2 N–H and O–H groups in total. The first-order valence-electron chi connectivity index (χ1n) is 7.27. The van der Waals surface area contributed by atoms with E-state index < -0.39 is 0 Å². The van der Waals surface area contributed by atoms with E-state index in [9.17, 15) is 0 Å². The lowest BCUT2D eigenvalue weighted by Gasteiger charge is -2.14. The van der Waals surface area contributed by atoms with Crippen LogP contribution in [-0.2, 0) is 4.74 Å². The molecule has 1 aromatic rings. The Bertz CT molecular complexity index is 388. The van der Waals surface area contributed by atoms with Crippen molar-refractivity contribution in [3.05, 3.63) is 11.9 Å². The average Bonchev–Trinajstić information content (AvgIpc) is 2.92. The predicted molar refractivity (Wildman–Crippen MR) is 71.6 cm³/mol. The Kier molecular flexibility index (Phi) is 3.55. The second-order valence-electron chi connectivity index (χ2n) is 5.66. The summed E-state index contributed by atoms with van der Waals surface area (Å²) in [7, 11) is 0. The van der Waals surface area contributed by atoms with Gasteiger partial charge in [-0.1, -0.05) is 25.7 Å². The third-order valence-corrected chi connectivity index (χ3v) is 4.31. The van der Waals surface area contributed by atoms with Gasteiger partial charge in [-0.2, -0.15) is 5.10 Å². The first kappa shape index (κ1) is 12.0. The van der Waals surface area contributed by atoms with Crippen LogP contribution in [0.2, 0.25) is 0 Å². The molecule has 1 atom stereocenters. The van der Waals surface area contributed by atoms with Crippen molar-refractivity contribution >= 4 is 5.69 Å². The molecule has 1 aliphatic carbocycles. The molecule has 0 radical (unpaired) electrons. The molecule has 1 saturated heterocycles. The molecule has 0 amide bonds. The minimum atomic E-state index is 0.414. The summed E-state index contributed by atoms with van der Waals surface area (Å²) in [5.74, 6) is 0.414. The number of hydrogen-bond acceptors (Lipinski definition) is 3. The Balaban J connectivity index is 1.77. The van der Waals surface area contributed by atoms with Gasteiger partial charge in [0.1, 0.15) is 0 Å². The standard InChI is InChI=1S/C14H23N3O/c15-13-9-17(12-5-3-1-2-4-6-12)16-14(13)11-7-8-18-10-11/h9,11-12H,1-8,10,15H2. The van der Waals surface area contributed by atoms with E-state index >= 15 is 0 Å². The molecule has 1 aromatic heterocycles. The van der Waals surface area contributed by atoms with Crippen molar-refractivity contribution < 1.29 is 4.74 Å². The lowest BCUT2D eigenvalue weighted by Crippen LogP contribution is -2.10. The van der Waals surface area contributed by atoms with Gasteiger partial charge in [0, 0.05) is 18.7 Å². The molecule has 4 heteroatoms. The van der Waals surface area contributed by atoms with E-state index in [0.717, 1.165) is 31.0 Å². The molecule has 100 valence electrons. The Hall–Kier alpha value is -1.03. The summed E-state index contributed by atoms with van der Waals surface area (Å²) < 4.78 is 7.57. The fourth-order valence-electron chi connectivity index (χ4n) is 3.20. The fourth-order valence-corrected chi connectivity index (χ4v) is 3.20. The van der Waals surface area contributed by atoms with Crippen molar-refractivity contribution in [1.82, 2.24) is 9.78 Å². The van der Waals surface area contributed by atoms with E-state index in [0.29, 0.717) is 12.0 Å². The number of nitrogen functional groups attached to an aromatic ring is 1. The van der Waals surface area contributed by atoms with Crippen molar-refractivity contribution in [3.63, 3.8) is 0 Å². The minimum Gasteiger partial charge on any atom is -0.396 e. The first-order chi connectivity index (χ1) is 8.84. The maximum atomic E-state index is 6.13. The van der Waals surface area contributed by atoms with Crippen LogP contribution in [0.25, 0.3) is 0 Å². The second-order valence-corrected chi connectivity index (χ2v) is 5.66. The molecule has 2 fully saturated rings. The molecule has 3 rings (SSSR count). The largest absolute Gasteiger partial charge is 0.396 e. The summed E-state index contributed by atoms with van der Waals surface area (Å²) in [5.41, 5.74) is 8.05. The van der Waals surface area contributed by atoms with E-state index in [-0.39, 0.29) is 0 Å². The van der Waals surface area contributed by atoms with Crippen molar-refractivity contribution in [2.45, 2.75) is 56.9 Å². The molecule has 1 aliphatic heterocycles. The number of rotatable bonds is 2. The van der Waals surface area contributed by atoms with Crippen LogP contribution in [0.4, 0.5) is 5.69 Å². The molecular formula is C14H23N3O. The van der Waals surface area contributed by atoms with E-state index in [1.54, 1.807) is 0 Å². The van der Waals surface area contributed by atoms with Crippen LogP contribution in [0, 0.1) is 0 Å². The molecule has 0 bridgehead atoms. The van der Waals surface area contributed by atoms with Crippen molar-refractivity contribution in [2.24, 2.45) is 0 Å². The van der Waals surface area contributed by atoms with E-state index in [1.807, 2.05) is 6.20 Å². The summed E-state index contributed by atoms with van der Waals surface area (Å²) in [6.45, 7) is 1.63. The zero-order valence-electron chi connectivity index (χ0n) is 11.0. The maximum Gasteiger partial charge on any atom is 0.0908 e. The average molecular weight is 249 g/mol. The minimum absolute atomic E-state index is 0.414. The van der Waals surface area contributed by atoms with Crippen LogP contribution in [0.5, 0.6) is 0 Å². The van der Waals surface area contributed by atoms with Gasteiger partial charge in [0.2, 0.25) is 0 Å². The van der Waals surface area contributed by atoms with Crippen molar-refractivity contribution in [3.8, 4) is 0 Å². The normalized spacial score (nSPS) is 26.3. The Morgan fingerprint density at radius 1 is 1.17 bits per heavy atom. The molecule has 2 heterocycles. The number of nitrogens with two attached hydrogens (primary N) is 1. The van der Waals surface area contributed by atoms with E-state index in [1.165, 1.54) is 38.5 Å². The molecule has 1 saturated carbocycles. The quantitative estimate of drug-likeness (QED) is 0.820. The van der Waals surface area contributed by atoms with Crippen LogP contribution >= 0.6 is 0 Å². The predicted octanol–water partition coefficient (Wildman–Crippen LogP) is 2.86. The van der Waals surface area contributed by atoms with E-state index in [4.69, 9.17) is 15.6 Å². The lowest BCUT2D eigenvalue weighted by molar-refractivity contribution is 0.193. The first-order valence-corrected chi connectivity index (χ1v) is 7.27. The number of nitrogens with zero attached hydrogens (tertiary/aromatic N) is 2. The maximum absolute atomic E-state index is 6.13. The molecule has 1 unspecified atom stereocenters. The van der Waals surface area contributed by atoms with Crippen molar-refractivity contribution in [1.29, 1.82) is 0 Å². The highest BCUT2D eigenvalue weighted by molar-refractivity contribution is 5.43. The SMILES string of the molecule is Nc1cn(C2CCCCCC2)nc1C1CCOC1. The lowest BCUT2D eigenvalue weighted by atomic mass is 10.0. The summed E-state index contributed by atoms with van der Waals surface area (Å²) in [6, 6.07) is 0.561. The van der Waals surface area contributed by atoms with Gasteiger partial charge in [-0.15, -0.1) is 0 Å². The van der Waals surface area contributed by atoms with Gasteiger partial charge in [-0.05, 0) is 19.3 Å². The van der Waals surface area contributed by atoms with Crippen LogP contribution < -0.4 is 5.73 Å². The Morgan fingerprint density at radius 2 is 1.94 bits per heavy atom. The summed E-state index contributed by atoms with van der Waals surface area (Å²) in [5, 5.41) is 4.77. The highest BCUT2D eigenvalue weighted by Crippen LogP contribution is 2.32. The van der Waals surface area contributed by atoms with Gasteiger partial charge in [0.15, 0.2) is 0 Å². The van der Waals surface area contributed by atoms with Crippen LogP contribution in [0.1, 0.15) is 62.6 Å². The van der Waals surface area contributed by atoms with E-state index in [2.05, 4.69) is 4.68 Å². The van der Waals surface area contributed by atoms with Gasteiger partial charge >= 0.3 is 0 Å². The zero-order chi connectivity index (χ0) is 12.4. The third kappa shape index (κ3) is 2.39. The molecule has 2 aliphatic rings. The van der Waals surface area contributed by atoms with Crippen LogP contribution in [0.15, 0.2) is 6.20 Å². The summed E-state index contributed by atoms with van der Waals surface area (Å²) >= 11 is 0. The number of hydrogen-bond donors (Lipinski definition) is 1. The topological polar surface area (TPSA) is 53.1 Å². The number of aromatic nitrogens is 2. The summed E-state index contributed by atoms with van der Waals surface area (Å²) in [4.78, 5) is 0. The smallest absolute Gasteiger partial charge is 0.0908 e.